The Labute approximate surface area is 232 Å². The normalized spacial score (nSPS) is 11.5. The SMILES string of the molecule is C=C(C)C(=O)OCCOC(=O)C(C)(C)CC.CCC(C)C(=O)OCCOCCOc1ccc2ccccc2c1. The number of carbonyl (C=O) groups excluding carboxylic acids is 3. The van der Waals surface area contributed by atoms with Crippen LogP contribution in [0.15, 0.2) is 54.6 Å². The minimum atomic E-state index is -0.488. The van der Waals surface area contributed by atoms with Crippen molar-refractivity contribution < 1.29 is 38.1 Å². The lowest BCUT2D eigenvalue weighted by Gasteiger charge is -2.20. The average molecular weight is 545 g/mol. The lowest BCUT2D eigenvalue weighted by molar-refractivity contribution is -0.158. The molecule has 0 aliphatic carbocycles. The Morgan fingerprint density at radius 1 is 0.846 bits per heavy atom. The Morgan fingerprint density at radius 2 is 1.46 bits per heavy atom. The third-order valence-electron chi connectivity index (χ3n) is 6.04. The molecule has 0 saturated carbocycles. The molecule has 0 spiro atoms. The highest BCUT2D eigenvalue weighted by Gasteiger charge is 2.26. The number of hydrogen-bond donors (Lipinski definition) is 0. The van der Waals surface area contributed by atoms with Crippen LogP contribution >= 0.6 is 0 Å². The number of rotatable bonds is 15. The number of carbonyl (C=O) groups is 3. The second kappa shape index (κ2) is 18.0. The maximum Gasteiger partial charge on any atom is 0.333 e. The molecule has 0 saturated heterocycles. The van der Waals surface area contributed by atoms with Crippen molar-refractivity contribution in [2.24, 2.45) is 11.3 Å². The quantitative estimate of drug-likeness (QED) is 0.118. The molecular weight excluding hydrogens is 500 g/mol. The number of hydrogen-bond acceptors (Lipinski definition) is 8. The Bertz CT molecular complexity index is 1060. The van der Waals surface area contributed by atoms with Gasteiger partial charge in [-0.05, 0) is 56.5 Å². The van der Waals surface area contributed by atoms with E-state index < -0.39 is 11.4 Å². The molecule has 0 aliphatic rings. The van der Waals surface area contributed by atoms with Crippen LogP contribution in [0.4, 0.5) is 0 Å². The molecule has 1 unspecified atom stereocenters. The van der Waals surface area contributed by atoms with E-state index in [1.807, 2.05) is 65.0 Å². The second-order valence-corrected chi connectivity index (χ2v) is 9.74. The molecule has 216 valence electrons. The molecule has 0 aromatic heterocycles. The first-order valence-corrected chi connectivity index (χ1v) is 13.4. The van der Waals surface area contributed by atoms with Gasteiger partial charge in [0.1, 0.15) is 32.2 Å². The minimum Gasteiger partial charge on any atom is -0.491 e. The van der Waals surface area contributed by atoms with E-state index in [0.29, 0.717) is 38.4 Å². The molecule has 0 heterocycles. The summed E-state index contributed by atoms with van der Waals surface area (Å²) in [5.74, 6) is -0.127. The van der Waals surface area contributed by atoms with Crippen LogP contribution in [0, 0.1) is 11.3 Å². The highest BCUT2D eigenvalue weighted by atomic mass is 16.6. The van der Waals surface area contributed by atoms with E-state index in [-0.39, 0.29) is 31.1 Å². The summed E-state index contributed by atoms with van der Waals surface area (Å²) in [6.07, 6.45) is 1.50. The van der Waals surface area contributed by atoms with Crippen molar-refractivity contribution in [2.45, 2.75) is 54.4 Å². The summed E-state index contributed by atoms with van der Waals surface area (Å²) in [4.78, 5) is 33.9. The molecule has 8 heteroatoms. The van der Waals surface area contributed by atoms with Crippen LogP contribution in [0.5, 0.6) is 5.75 Å². The van der Waals surface area contributed by atoms with Gasteiger partial charge >= 0.3 is 17.9 Å². The van der Waals surface area contributed by atoms with Crippen LogP contribution in [-0.2, 0) is 33.3 Å². The predicted octanol–water partition coefficient (Wildman–Crippen LogP) is 5.91. The van der Waals surface area contributed by atoms with E-state index in [1.54, 1.807) is 6.92 Å². The van der Waals surface area contributed by atoms with E-state index in [4.69, 9.17) is 23.7 Å². The Kier molecular flexibility index (Phi) is 15.5. The van der Waals surface area contributed by atoms with Crippen LogP contribution in [0.1, 0.15) is 54.4 Å². The lowest BCUT2D eigenvalue weighted by atomic mass is 9.91. The van der Waals surface area contributed by atoms with Crippen molar-refractivity contribution in [2.75, 3.05) is 39.6 Å². The zero-order valence-corrected chi connectivity index (χ0v) is 24.2. The summed E-state index contributed by atoms with van der Waals surface area (Å²) in [6, 6.07) is 14.2. The van der Waals surface area contributed by atoms with Gasteiger partial charge < -0.3 is 23.7 Å². The Hall–Kier alpha value is -3.39. The second-order valence-electron chi connectivity index (χ2n) is 9.74. The third kappa shape index (κ3) is 13.3. The molecule has 0 aliphatic heterocycles. The van der Waals surface area contributed by atoms with Gasteiger partial charge in [0.2, 0.25) is 0 Å². The van der Waals surface area contributed by atoms with Crippen LogP contribution in [0.3, 0.4) is 0 Å². The maximum atomic E-state index is 11.5. The first-order chi connectivity index (χ1) is 18.5. The first kappa shape index (κ1) is 33.6. The van der Waals surface area contributed by atoms with E-state index in [2.05, 4.69) is 18.7 Å². The van der Waals surface area contributed by atoms with Crippen molar-refractivity contribution in [1.82, 2.24) is 0 Å². The molecule has 2 rings (SSSR count). The number of esters is 3. The van der Waals surface area contributed by atoms with Crippen molar-refractivity contribution in [3.8, 4) is 5.75 Å². The van der Waals surface area contributed by atoms with Gasteiger partial charge in [-0.25, -0.2) is 4.79 Å². The van der Waals surface area contributed by atoms with Gasteiger partial charge in [-0.1, -0.05) is 57.7 Å². The van der Waals surface area contributed by atoms with Crippen LogP contribution in [-0.4, -0.2) is 57.5 Å². The van der Waals surface area contributed by atoms with Crippen LogP contribution < -0.4 is 4.74 Å². The van der Waals surface area contributed by atoms with Crippen molar-refractivity contribution in [1.29, 1.82) is 0 Å². The topological polar surface area (TPSA) is 97.4 Å². The van der Waals surface area contributed by atoms with Gasteiger partial charge in [0, 0.05) is 5.57 Å². The Balaban J connectivity index is 0.000000420. The van der Waals surface area contributed by atoms with Crippen LogP contribution in [0.2, 0.25) is 0 Å². The minimum absolute atomic E-state index is 0.0498. The van der Waals surface area contributed by atoms with Crippen LogP contribution in [0.25, 0.3) is 10.8 Å². The van der Waals surface area contributed by atoms with Gasteiger partial charge in [0.15, 0.2) is 0 Å². The largest absolute Gasteiger partial charge is 0.491 e. The predicted molar refractivity (Wildman–Crippen MR) is 151 cm³/mol. The molecule has 2 aromatic rings. The van der Waals surface area contributed by atoms with E-state index in [9.17, 15) is 14.4 Å². The summed E-state index contributed by atoms with van der Waals surface area (Å²) in [6.45, 7) is 16.1. The van der Waals surface area contributed by atoms with Gasteiger partial charge in [-0.15, -0.1) is 0 Å². The maximum absolute atomic E-state index is 11.5. The van der Waals surface area contributed by atoms with Crippen molar-refractivity contribution in [3.63, 3.8) is 0 Å². The lowest BCUT2D eigenvalue weighted by Crippen LogP contribution is -2.27. The number of benzene rings is 2. The molecule has 0 radical (unpaired) electrons. The first-order valence-electron chi connectivity index (χ1n) is 13.4. The summed E-state index contributed by atoms with van der Waals surface area (Å²) >= 11 is 0. The van der Waals surface area contributed by atoms with E-state index in [1.165, 1.54) is 5.39 Å². The molecule has 39 heavy (non-hydrogen) atoms. The standard InChI is InChI=1S/C19H24O4.C12H20O4/c1-3-15(2)19(20)23-13-11-21-10-12-22-18-9-8-16-6-4-5-7-17(16)14-18;1-6-12(4,5)11(14)16-8-7-15-10(13)9(2)3/h4-9,14-15H,3,10-13H2,1-2H3;2,6-8H2,1,3-5H3. The molecule has 0 fully saturated rings. The summed E-state index contributed by atoms with van der Waals surface area (Å²) in [5.41, 5.74) is -0.154. The van der Waals surface area contributed by atoms with Gasteiger partial charge in [-0.3, -0.25) is 9.59 Å². The fourth-order valence-corrected chi connectivity index (χ4v) is 2.82. The summed E-state index contributed by atoms with van der Waals surface area (Å²) in [5, 5.41) is 2.35. The number of ether oxygens (including phenoxy) is 5. The van der Waals surface area contributed by atoms with E-state index in [0.717, 1.165) is 17.6 Å². The van der Waals surface area contributed by atoms with Gasteiger partial charge in [0.05, 0.1) is 24.5 Å². The highest BCUT2D eigenvalue weighted by molar-refractivity contribution is 5.87. The average Bonchev–Trinajstić information content (AvgIpc) is 2.93. The third-order valence-corrected chi connectivity index (χ3v) is 6.04. The zero-order chi connectivity index (χ0) is 29.3. The van der Waals surface area contributed by atoms with Crippen molar-refractivity contribution >= 4 is 28.7 Å². The number of fused-ring (bicyclic) bond motifs is 1. The monoisotopic (exact) mass is 544 g/mol. The van der Waals surface area contributed by atoms with Crippen molar-refractivity contribution in [3.05, 3.63) is 54.6 Å². The molecule has 0 N–H and O–H groups in total. The smallest absolute Gasteiger partial charge is 0.333 e. The van der Waals surface area contributed by atoms with Gasteiger partial charge in [-0.2, -0.15) is 0 Å². The molecule has 0 amide bonds. The summed E-state index contributed by atoms with van der Waals surface area (Å²) in [7, 11) is 0. The Morgan fingerprint density at radius 3 is 2.10 bits per heavy atom. The molecule has 8 nitrogen and oxygen atoms in total. The fraction of sp³-hybridized carbons (Fsp3) is 0.516. The highest BCUT2D eigenvalue weighted by Crippen LogP contribution is 2.21. The molecular formula is C31H44O8. The zero-order valence-electron chi connectivity index (χ0n) is 24.2. The van der Waals surface area contributed by atoms with E-state index >= 15 is 0 Å². The molecule has 0 bridgehead atoms. The molecule has 2 aromatic carbocycles. The summed E-state index contributed by atoms with van der Waals surface area (Å²) < 4.78 is 25.9. The fourth-order valence-electron chi connectivity index (χ4n) is 2.82. The van der Waals surface area contributed by atoms with Gasteiger partial charge in [0.25, 0.3) is 0 Å². The molecule has 1 atom stereocenters.